The van der Waals surface area contributed by atoms with Gasteiger partial charge in [0.15, 0.2) is 0 Å². The molecule has 2 aromatic carbocycles. The second-order valence-corrected chi connectivity index (χ2v) is 8.37. The number of amides is 3. The van der Waals surface area contributed by atoms with Crippen molar-refractivity contribution in [2.24, 2.45) is 0 Å². The number of carbonyl (C=O) groups excluding carboxylic acids is 3. The topological polar surface area (TPSA) is 124 Å². The highest BCUT2D eigenvalue weighted by Gasteiger charge is 2.21. The van der Waals surface area contributed by atoms with Crippen molar-refractivity contribution in [2.75, 3.05) is 16.0 Å². The zero-order valence-corrected chi connectivity index (χ0v) is 19.4. The molecule has 0 saturated carbocycles. The largest absolute Gasteiger partial charge is 0.322 e. The lowest BCUT2D eigenvalue weighted by atomic mass is 9.85. The first kappa shape index (κ1) is 24.1. The van der Waals surface area contributed by atoms with Crippen molar-refractivity contribution in [1.29, 1.82) is 5.26 Å². The van der Waals surface area contributed by atoms with Crippen LogP contribution < -0.4 is 16.0 Å². The summed E-state index contributed by atoms with van der Waals surface area (Å²) in [4.78, 5) is 40.8. The van der Waals surface area contributed by atoms with Crippen LogP contribution in [-0.4, -0.2) is 22.7 Å². The average Bonchev–Trinajstić information content (AvgIpc) is 2.81. The Morgan fingerprint density at radius 3 is 2.26 bits per heavy atom. The minimum absolute atomic E-state index is 0.237. The molecule has 1 heterocycles. The maximum atomic E-state index is 12.8. The van der Waals surface area contributed by atoms with Gasteiger partial charge in [0, 0.05) is 23.7 Å². The molecule has 3 amide bonds. The number of hydrogen-bond donors (Lipinski definition) is 3. The number of aromatic nitrogens is 1. The summed E-state index contributed by atoms with van der Waals surface area (Å²) in [6.45, 7) is 6.76. The molecule has 3 aromatic rings. The number of carbonyl (C=O) groups is 3. The van der Waals surface area contributed by atoms with Crippen LogP contribution in [0, 0.1) is 18.3 Å². The molecule has 0 atom stereocenters. The van der Waals surface area contributed by atoms with Gasteiger partial charge < -0.3 is 16.0 Å². The molecule has 3 N–H and O–H groups in total. The first-order valence-electron chi connectivity index (χ1n) is 10.6. The number of benzene rings is 2. The van der Waals surface area contributed by atoms with Crippen LogP contribution in [0.4, 0.5) is 17.2 Å². The van der Waals surface area contributed by atoms with E-state index < -0.39 is 5.41 Å². The number of aryl methyl sites for hydroxylation is 1. The van der Waals surface area contributed by atoms with E-state index in [1.165, 1.54) is 13.1 Å². The highest BCUT2D eigenvalue weighted by molar-refractivity contribution is 6.08. The van der Waals surface area contributed by atoms with Gasteiger partial charge in [0.05, 0.1) is 23.4 Å². The Hall–Kier alpha value is -4.51. The molecule has 0 aliphatic rings. The van der Waals surface area contributed by atoms with Crippen molar-refractivity contribution in [3.8, 4) is 6.07 Å². The van der Waals surface area contributed by atoms with Crippen LogP contribution in [-0.2, 0) is 10.2 Å². The molecule has 172 valence electrons. The fraction of sp³-hybridized carbons (Fsp3) is 0.192. The van der Waals surface area contributed by atoms with Crippen molar-refractivity contribution >= 4 is 34.9 Å². The molecule has 0 fully saturated rings. The van der Waals surface area contributed by atoms with E-state index in [-0.39, 0.29) is 17.7 Å². The van der Waals surface area contributed by atoms with Gasteiger partial charge in [-0.3, -0.25) is 14.4 Å². The number of rotatable bonds is 6. The summed E-state index contributed by atoms with van der Waals surface area (Å²) >= 11 is 0. The lowest BCUT2D eigenvalue weighted by Crippen LogP contribution is -2.18. The number of pyridine rings is 1. The van der Waals surface area contributed by atoms with E-state index in [0.717, 1.165) is 11.1 Å². The van der Waals surface area contributed by atoms with E-state index in [0.29, 0.717) is 28.3 Å². The molecule has 0 saturated heterocycles. The third-order valence-corrected chi connectivity index (χ3v) is 5.19. The van der Waals surface area contributed by atoms with Gasteiger partial charge in [0.2, 0.25) is 5.91 Å². The van der Waals surface area contributed by atoms with E-state index in [1.54, 1.807) is 69.3 Å². The van der Waals surface area contributed by atoms with Crippen LogP contribution in [0.15, 0.2) is 60.8 Å². The monoisotopic (exact) mass is 455 g/mol. The lowest BCUT2D eigenvalue weighted by Gasteiger charge is -2.16. The number of anilines is 3. The standard InChI is InChI=1S/C26H25N5O3/c1-16-8-9-20(30-24(33)18-6-5-7-19(12-18)26(3,4)15-27)13-22(16)25(34)31-21-10-11-23(28-14-21)29-17(2)32/h5-14H,1-4H3,(H,30,33)(H,31,34)(H,28,29,32). The Balaban J connectivity index is 1.75. The van der Waals surface area contributed by atoms with Gasteiger partial charge in [-0.2, -0.15) is 5.26 Å². The third kappa shape index (κ3) is 5.84. The van der Waals surface area contributed by atoms with Gasteiger partial charge in [-0.05, 0) is 68.3 Å². The Labute approximate surface area is 198 Å². The molecule has 0 aliphatic carbocycles. The molecule has 8 nitrogen and oxygen atoms in total. The summed E-state index contributed by atoms with van der Waals surface area (Å²) in [6, 6.07) is 17.4. The smallest absolute Gasteiger partial charge is 0.256 e. The van der Waals surface area contributed by atoms with E-state index in [1.807, 2.05) is 6.07 Å². The highest BCUT2D eigenvalue weighted by atomic mass is 16.2. The molecule has 0 bridgehead atoms. The summed E-state index contributed by atoms with van der Waals surface area (Å²) in [5.74, 6) is -0.558. The van der Waals surface area contributed by atoms with Gasteiger partial charge in [0.1, 0.15) is 5.82 Å². The maximum absolute atomic E-state index is 12.8. The SMILES string of the molecule is CC(=O)Nc1ccc(NC(=O)c2cc(NC(=O)c3cccc(C(C)(C)C#N)c3)ccc2C)cn1. The van der Waals surface area contributed by atoms with Crippen molar-refractivity contribution in [2.45, 2.75) is 33.1 Å². The van der Waals surface area contributed by atoms with Crippen LogP contribution in [0.25, 0.3) is 0 Å². The van der Waals surface area contributed by atoms with E-state index in [9.17, 15) is 19.6 Å². The van der Waals surface area contributed by atoms with Crippen molar-refractivity contribution in [3.05, 3.63) is 83.0 Å². The quantitative estimate of drug-likeness (QED) is 0.499. The van der Waals surface area contributed by atoms with Gasteiger partial charge in [-0.1, -0.05) is 18.2 Å². The Kier molecular flexibility index (Phi) is 7.07. The fourth-order valence-electron chi connectivity index (χ4n) is 3.18. The first-order chi connectivity index (χ1) is 16.1. The van der Waals surface area contributed by atoms with Crippen LogP contribution in [0.1, 0.15) is 52.6 Å². The number of nitriles is 1. The summed E-state index contributed by atoms with van der Waals surface area (Å²) in [7, 11) is 0. The predicted molar refractivity (Wildman–Crippen MR) is 131 cm³/mol. The number of nitrogens with one attached hydrogen (secondary N) is 3. The van der Waals surface area contributed by atoms with Gasteiger partial charge >= 0.3 is 0 Å². The van der Waals surface area contributed by atoms with Crippen molar-refractivity contribution in [1.82, 2.24) is 4.98 Å². The van der Waals surface area contributed by atoms with Crippen LogP contribution in [0.5, 0.6) is 0 Å². The van der Waals surface area contributed by atoms with E-state index in [2.05, 4.69) is 27.0 Å². The summed E-state index contributed by atoms with van der Waals surface area (Å²) in [5, 5.41) is 17.5. The van der Waals surface area contributed by atoms with Crippen molar-refractivity contribution in [3.63, 3.8) is 0 Å². The normalized spacial score (nSPS) is 10.7. The molecule has 0 aliphatic heterocycles. The summed E-state index contributed by atoms with van der Waals surface area (Å²) in [5.41, 5.74) is 2.48. The number of nitrogens with zero attached hydrogens (tertiary/aromatic N) is 2. The molecule has 8 heteroatoms. The lowest BCUT2D eigenvalue weighted by molar-refractivity contribution is -0.114. The van der Waals surface area contributed by atoms with Crippen molar-refractivity contribution < 1.29 is 14.4 Å². The minimum atomic E-state index is -0.722. The predicted octanol–water partition coefficient (Wildman–Crippen LogP) is 4.65. The Bertz CT molecular complexity index is 1290. The van der Waals surface area contributed by atoms with Crippen LogP contribution in [0.3, 0.4) is 0 Å². The van der Waals surface area contributed by atoms with Gasteiger partial charge in [0.25, 0.3) is 11.8 Å². The molecular formula is C26H25N5O3. The summed E-state index contributed by atoms with van der Waals surface area (Å²) in [6.07, 6.45) is 1.44. The summed E-state index contributed by atoms with van der Waals surface area (Å²) < 4.78 is 0. The molecule has 1 aromatic heterocycles. The van der Waals surface area contributed by atoms with Crippen LogP contribution >= 0.6 is 0 Å². The van der Waals surface area contributed by atoms with E-state index >= 15 is 0 Å². The fourth-order valence-corrected chi connectivity index (χ4v) is 3.18. The second kappa shape index (κ2) is 9.96. The second-order valence-electron chi connectivity index (χ2n) is 8.37. The molecule has 0 radical (unpaired) electrons. The third-order valence-electron chi connectivity index (χ3n) is 5.19. The number of hydrogen-bond acceptors (Lipinski definition) is 5. The zero-order valence-electron chi connectivity index (χ0n) is 19.4. The molecule has 0 spiro atoms. The maximum Gasteiger partial charge on any atom is 0.256 e. The van der Waals surface area contributed by atoms with Gasteiger partial charge in [-0.25, -0.2) is 4.98 Å². The average molecular weight is 456 g/mol. The molecular weight excluding hydrogens is 430 g/mol. The zero-order chi connectivity index (χ0) is 24.9. The van der Waals surface area contributed by atoms with Gasteiger partial charge in [-0.15, -0.1) is 0 Å². The highest BCUT2D eigenvalue weighted by Crippen LogP contribution is 2.24. The molecule has 3 rings (SSSR count). The molecule has 34 heavy (non-hydrogen) atoms. The first-order valence-corrected chi connectivity index (χ1v) is 10.6. The Morgan fingerprint density at radius 1 is 0.912 bits per heavy atom. The molecule has 0 unspecified atom stereocenters. The van der Waals surface area contributed by atoms with Crippen LogP contribution in [0.2, 0.25) is 0 Å². The van der Waals surface area contributed by atoms with E-state index in [4.69, 9.17) is 0 Å². The Morgan fingerprint density at radius 2 is 1.62 bits per heavy atom. The minimum Gasteiger partial charge on any atom is -0.322 e.